The van der Waals surface area contributed by atoms with E-state index in [0.29, 0.717) is 13.1 Å². The summed E-state index contributed by atoms with van der Waals surface area (Å²) in [5.41, 5.74) is 9.19. The molecule has 4 nitrogen and oxygen atoms in total. The maximum absolute atomic E-state index is 8.82. The molecule has 96 valence electrons. The normalized spacial score (nSPS) is 12.5. The fourth-order valence-corrected chi connectivity index (χ4v) is 1.63. The van der Waals surface area contributed by atoms with Crippen LogP contribution in [0.4, 0.5) is 0 Å². The number of nitrogens with two attached hydrogens (primary N) is 1. The van der Waals surface area contributed by atoms with Crippen LogP contribution in [-0.2, 0) is 6.54 Å². The van der Waals surface area contributed by atoms with Crippen LogP contribution in [0.25, 0.3) is 0 Å². The van der Waals surface area contributed by atoms with Gasteiger partial charge in [-0.1, -0.05) is 6.07 Å². The number of rotatable bonds is 6. The highest BCUT2D eigenvalue weighted by Gasteiger charge is 2.06. The number of hydrogen-bond acceptors (Lipinski definition) is 4. The summed E-state index contributed by atoms with van der Waals surface area (Å²) in [6.45, 7) is 5.43. The molecule has 0 amide bonds. The van der Waals surface area contributed by atoms with Gasteiger partial charge in [-0.05, 0) is 31.0 Å². The third-order valence-corrected chi connectivity index (χ3v) is 2.85. The van der Waals surface area contributed by atoms with E-state index in [1.807, 2.05) is 6.07 Å². The SMILES string of the molecule is COc1cc(C)c(C)cc1CNCC(N)CO. The molecule has 0 aliphatic rings. The summed E-state index contributed by atoms with van der Waals surface area (Å²) in [6.07, 6.45) is 0. The molecule has 0 aliphatic carbocycles. The van der Waals surface area contributed by atoms with Crippen molar-refractivity contribution in [2.24, 2.45) is 5.73 Å². The lowest BCUT2D eigenvalue weighted by atomic mass is 10.0. The zero-order valence-corrected chi connectivity index (χ0v) is 10.8. The van der Waals surface area contributed by atoms with Crippen LogP contribution in [0.1, 0.15) is 16.7 Å². The second-order valence-electron chi connectivity index (χ2n) is 4.32. The van der Waals surface area contributed by atoms with E-state index in [-0.39, 0.29) is 12.6 Å². The van der Waals surface area contributed by atoms with Gasteiger partial charge in [-0.25, -0.2) is 0 Å². The molecule has 1 aromatic rings. The maximum atomic E-state index is 8.82. The number of aryl methyl sites for hydroxylation is 2. The van der Waals surface area contributed by atoms with Crippen molar-refractivity contribution in [3.8, 4) is 5.75 Å². The molecular formula is C13H22N2O2. The van der Waals surface area contributed by atoms with E-state index in [9.17, 15) is 0 Å². The van der Waals surface area contributed by atoms with E-state index < -0.39 is 0 Å². The topological polar surface area (TPSA) is 67.5 Å². The average molecular weight is 238 g/mol. The predicted molar refractivity (Wildman–Crippen MR) is 69.2 cm³/mol. The Hall–Kier alpha value is -1.10. The lowest BCUT2D eigenvalue weighted by molar-refractivity contribution is 0.262. The molecule has 0 aliphatic heterocycles. The fourth-order valence-electron chi connectivity index (χ4n) is 1.63. The van der Waals surface area contributed by atoms with E-state index in [1.165, 1.54) is 11.1 Å². The monoisotopic (exact) mass is 238 g/mol. The lowest BCUT2D eigenvalue weighted by Crippen LogP contribution is -2.36. The van der Waals surface area contributed by atoms with Gasteiger partial charge in [-0.15, -0.1) is 0 Å². The minimum absolute atomic E-state index is 0.00292. The molecule has 0 heterocycles. The van der Waals surface area contributed by atoms with Gasteiger partial charge >= 0.3 is 0 Å². The molecule has 4 N–H and O–H groups in total. The fraction of sp³-hybridized carbons (Fsp3) is 0.538. The van der Waals surface area contributed by atoms with Gasteiger partial charge in [-0.2, -0.15) is 0 Å². The van der Waals surface area contributed by atoms with Crippen molar-refractivity contribution in [1.29, 1.82) is 0 Å². The third kappa shape index (κ3) is 4.00. The molecular weight excluding hydrogens is 216 g/mol. The van der Waals surface area contributed by atoms with Gasteiger partial charge in [0.15, 0.2) is 0 Å². The van der Waals surface area contributed by atoms with Crippen molar-refractivity contribution in [1.82, 2.24) is 5.32 Å². The molecule has 1 aromatic carbocycles. The number of aliphatic hydroxyl groups excluding tert-OH is 1. The molecule has 17 heavy (non-hydrogen) atoms. The molecule has 0 radical (unpaired) electrons. The van der Waals surface area contributed by atoms with Crippen LogP contribution in [0, 0.1) is 13.8 Å². The highest BCUT2D eigenvalue weighted by atomic mass is 16.5. The predicted octanol–water partition coefficient (Wildman–Crippen LogP) is 0.721. The second-order valence-corrected chi connectivity index (χ2v) is 4.32. The number of benzene rings is 1. The van der Waals surface area contributed by atoms with Gasteiger partial charge in [0.2, 0.25) is 0 Å². The van der Waals surface area contributed by atoms with Crippen molar-refractivity contribution >= 4 is 0 Å². The quantitative estimate of drug-likeness (QED) is 0.683. The van der Waals surface area contributed by atoms with Gasteiger partial charge < -0.3 is 20.9 Å². The highest BCUT2D eigenvalue weighted by Crippen LogP contribution is 2.22. The van der Waals surface area contributed by atoms with Crippen molar-refractivity contribution in [3.05, 3.63) is 28.8 Å². The molecule has 0 bridgehead atoms. The first-order valence-electron chi connectivity index (χ1n) is 5.79. The maximum Gasteiger partial charge on any atom is 0.123 e. The Bertz CT molecular complexity index is 367. The van der Waals surface area contributed by atoms with E-state index in [4.69, 9.17) is 15.6 Å². The van der Waals surface area contributed by atoms with E-state index in [2.05, 4.69) is 25.2 Å². The van der Waals surface area contributed by atoms with Crippen molar-refractivity contribution in [2.45, 2.75) is 26.4 Å². The first-order valence-corrected chi connectivity index (χ1v) is 5.79. The largest absolute Gasteiger partial charge is 0.496 e. The number of hydrogen-bond donors (Lipinski definition) is 3. The Morgan fingerprint density at radius 2 is 2.00 bits per heavy atom. The number of aliphatic hydroxyl groups is 1. The highest BCUT2D eigenvalue weighted by molar-refractivity contribution is 5.41. The first-order chi connectivity index (χ1) is 8.08. The Morgan fingerprint density at radius 1 is 1.35 bits per heavy atom. The molecule has 1 atom stereocenters. The van der Waals surface area contributed by atoms with Gasteiger partial charge in [0.1, 0.15) is 5.75 Å². The standard InChI is InChI=1S/C13H22N2O2/c1-9-4-11(6-15-7-12(14)8-16)13(17-3)5-10(9)2/h4-5,12,15-16H,6-8,14H2,1-3H3. The van der Waals surface area contributed by atoms with Crippen LogP contribution in [0.15, 0.2) is 12.1 Å². The van der Waals surface area contributed by atoms with Crippen LogP contribution in [0.3, 0.4) is 0 Å². The smallest absolute Gasteiger partial charge is 0.123 e. The van der Waals surface area contributed by atoms with Crippen LogP contribution >= 0.6 is 0 Å². The molecule has 0 fully saturated rings. The zero-order valence-electron chi connectivity index (χ0n) is 10.8. The Kier molecular flexibility index (Phi) is 5.41. The van der Waals surface area contributed by atoms with Gasteiger partial charge in [0.05, 0.1) is 13.7 Å². The van der Waals surface area contributed by atoms with Gasteiger partial charge in [-0.3, -0.25) is 0 Å². The molecule has 0 saturated heterocycles. The van der Waals surface area contributed by atoms with Gasteiger partial charge in [0, 0.05) is 24.7 Å². The van der Waals surface area contributed by atoms with Crippen LogP contribution in [-0.4, -0.2) is 31.4 Å². The summed E-state index contributed by atoms with van der Waals surface area (Å²) in [6, 6.07) is 3.94. The van der Waals surface area contributed by atoms with E-state index in [1.54, 1.807) is 7.11 Å². The second kappa shape index (κ2) is 6.59. The van der Waals surface area contributed by atoms with Crippen LogP contribution in [0.2, 0.25) is 0 Å². The average Bonchev–Trinajstić information content (AvgIpc) is 2.32. The molecule has 1 rings (SSSR count). The lowest BCUT2D eigenvalue weighted by Gasteiger charge is -2.14. The molecule has 1 unspecified atom stereocenters. The van der Waals surface area contributed by atoms with Crippen molar-refractivity contribution in [3.63, 3.8) is 0 Å². The molecule has 0 saturated carbocycles. The Morgan fingerprint density at radius 3 is 2.59 bits per heavy atom. The first kappa shape index (κ1) is 14.0. The van der Waals surface area contributed by atoms with E-state index in [0.717, 1.165) is 11.3 Å². The Labute approximate surface area is 103 Å². The Balaban J connectivity index is 2.66. The number of methoxy groups -OCH3 is 1. The van der Waals surface area contributed by atoms with Gasteiger partial charge in [0.25, 0.3) is 0 Å². The summed E-state index contributed by atoms with van der Waals surface area (Å²) in [5, 5.41) is 12.0. The summed E-state index contributed by atoms with van der Waals surface area (Å²) >= 11 is 0. The summed E-state index contributed by atoms with van der Waals surface area (Å²) < 4.78 is 5.34. The summed E-state index contributed by atoms with van der Waals surface area (Å²) in [4.78, 5) is 0. The van der Waals surface area contributed by atoms with Crippen LogP contribution < -0.4 is 15.8 Å². The summed E-state index contributed by atoms with van der Waals surface area (Å²) in [7, 11) is 1.67. The minimum Gasteiger partial charge on any atom is -0.496 e. The van der Waals surface area contributed by atoms with Crippen LogP contribution in [0.5, 0.6) is 5.75 Å². The third-order valence-electron chi connectivity index (χ3n) is 2.85. The molecule has 0 aromatic heterocycles. The molecule has 4 heteroatoms. The number of ether oxygens (including phenoxy) is 1. The number of nitrogens with one attached hydrogen (secondary N) is 1. The summed E-state index contributed by atoms with van der Waals surface area (Å²) in [5.74, 6) is 0.887. The minimum atomic E-state index is -0.215. The zero-order chi connectivity index (χ0) is 12.8. The van der Waals surface area contributed by atoms with Crippen molar-refractivity contribution < 1.29 is 9.84 Å². The van der Waals surface area contributed by atoms with E-state index >= 15 is 0 Å². The van der Waals surface area contributed by atoms with Crippen molar-refractivity contribution in [2.75, 3.05) is 20.3 Å². The molecule has 0 spiro atoms.